The van der Waals surface area contributed by atoms with Crippen LogP contribution in [0, 0.1) is 5.82 Å². The van der Waals surface area contributed by atoms with Crippen LogP contribution in [0.3, 0.4) is 0 Å². The van der Waals surface area contributed by atoms with Gasteiger partial charge in [0.25, 0.3) is 0 Å². The Bertz CT molecular complexity index is 789. The fourth-order valence-electron chi connectivity index (χ4n) is 1.83. The number of alkyl halides is 3. The summed E-state index contributed by atoms with van der Waals surface area (Å²) in [4.78, 5) is 3.26. The minimum Gasteiger partial charge on any atom is -0.247 e. The molecule has 0 N–H and O–H groups in total. The standard InChI is InChI=1S/C14H12F4N2O2S/c1-20(23(21,22)12-7-5-10(15)6-8-12)9-11-3-2-4-13(19-11)14(16,17)18/h2-8H,9H2,1H3. The Morgan fingerprint density at radius 2 is 1.70 bits per heavy atom. The minimum absolute atomic E-state index is 0.0481. The molecule has 0 bridgehead atoms. The van der Waals surface area contributed by atoms with Crippen molar-refractivity contribution in [1.29, 1.82) is 0 Å². The van der Waals surface area contributed by atoms with E-state index in [1.165, 1.54) is 13.1 Å². The van der Waals surface area contributed by atoms with Crippen molar-refractivity contribution in [2.75, 3.05) is 7.05 Å². The maximum absolute atomic E-state index is 12.9. The topological polar surface area (TPSA) is 50.3 Å². The lowest BCUT2D eigenvalue weighted by Gasteiger charge is -2.17. The summed E-state index contributed by atoms with van der Waals surface area (Å²) in [5.74, 6) is -0.592. The van der Waals surface area contributed by atoms with Crippen molar-refractivity contribution < 1.29 is 26.0 Å². The van der Waals surface area contributed by atoms with Gasteiger partial charge in [-0.25, -0.2) is 17.8 Å². The highest BCUT2D eigenvalue weighted by atomic mass is 32.2. The summed E-state index contributed by atoms with van der Waals surface area (Å²) in [5.41, 5.74) is -1.14. The molecule has 0 atom stereocenters. The van der Waals surface area contributed by atoms with Crippen LogP contribution in [0.25, 0.3) is 0 Å². The molecule has 0 unspecified atom stereocenters. The molecule has 0 saturated heterocycles. The molecule has 2 rings (SSSR count). The molecular weight excluding hydrogens is 336 g/mol. The zero-order valence-corrected chi connectivity index (χ0v) is 12.7. The number of benzene rings is 1. The van der Waals surface area contributed by atoms with E-state index in [-0.39, 0.29) is 17.1 Å². The minimum atomic E-state index is -4.61. The molecule has 0 fully saturated rings. The Labute approximate surface area is 130 Å². The number of aromatic nitrogens is 1. The summed E-state index contributed by atoms with van der Waals surface area (Å²) in [5, 5.41) is 0. The normalized spacial score (nSPS) is 12.6. The van der Waals surface area contributed by atoms with Crippen LogP contribution >= 0.6 is 0 Å². The number of nitrogens with zero attached hydrogens (tertiary/aromatic N) is 2. The van der Waals surface area contributed by atoms with Gasteiger partial charge in [0.15, 0.2) is 0 Å². The van der Waals surface area contributed by atoms with Gasteiger partial charge in [0.2, 0.25) is 10.0 Å². The zero-order valence-electron chi connectivity index (χ0n) is 11.9. The van der Waals surface area contributed by atoms with Gasteiger partial charge in [-0.15, -0.1) is 0 Å². The van der Waals surface area contributed by atoms with Crippen LogP contribution in [0.5, 0.6) is 0 Å². The Kier molecular flexibility index (Phi) is 4.71. The fraction of sp³-hybridized carbons (Fsp3) is 0.214. The Morgan fingerprint density at radius 3 is 2.26 bits per heavy atom. The van der Waals surface area contributed by atoms with E-state index in [2.05, 4.69) is 4.98 Å². The summed E-state index contributed by atoms with van der Waals surface area (Å²) >= 11 is 0. The third-order valence-corrected chi connectivity index (χ3v) is 4.82. The Hall–Kier alpha value is -2.00. The number of sulfonamides is 1. The smallest absolute Gasteiger partial charge is 0.247 e. The monoisotopic (exact) mass is 348 g/mol. The predicted octanol–water partition coefficient (Wildman–Crippen LogP) is 3.06. The fourth-order valence-corrected chi connectivity index (χ4v) is 2.97. The van der Waals surface area contributed by atoms with Crippen LogP contribution in [-0.4, -0.2) is 24.8 Å². The molecule has 1 aromatic heterocycles. The van der Waals surface area contributed by atoms with Gasteiger partial charge >= 0.3 is 6.18 Å². The van der Waals surface area contributed by atoms with E-state index >= 15 is 0 Å². The third kappa shape index (κ3) is 4.05. The van der Waals surface area contributed by atoms with E-state index in [4.69, 9.17) is 0 Å². The molecule has 2 aromatic rings. The molecule has 1 aromatic carbocycles. The van der Waals surface area contributed by atoms with Crippen LogP contribution in [-0.2, 0) is 22.7 Å². The lowest BCUT2D eigenvalue weighted by Crippen LogP contribution is -2.27. The SMILES string of the molecule is CN(Cc1cccc(C(F)(F)F)n1)S(=O)(=O)c1ccc(F)cc1. The number of halogens is 4. The lowest BCUT2D eigenvalue weighted by atomic mass is 10.3. The van der Waals surface area contributed by atoms with Gasteiger partial charge in [0, 0.05) is 7.05 Å². The molecule has 0 aliphatic carbocycles. The summed E-state index contributed by atoms with van der Waals surface area (Å²) < 4.78 is 76.1. The average molecular weight is 348 g/mol. The predicted molar refractivity (Wildman–Crippen MR) is 74.3 cm³/mol. The molecule has 0 radical (unpaired) electrons. The molecule has 0 aliphatic rings. The van der Waals surface area contributed by atoms with Crippen molar-refractivity contribution in [3.05, 3.63) is 59.7 Å². The van der Waals surface area contributed by atoms with E-state index < -0.39 is 27.7 Å². The molecular formula is C14H12F4N2O2S. The van der Waals surface area contributed by atoms with Gasteiger partial charge in [-0.1, -0.05) is 6.07 Å². The average Bonchev–Trinajstić information content (AvgIpc) is 2.47. The Balaban J connectivity index is 2.24. The van der Waals surface area contributed by atoms with E-state index in [1.807, 2.05) is 0 Å². The van der Waals surface area contributed by atoms with Gasteiger partial charge in [-0.2, -0.15) is 17.5 Å². The van der Waals surface area contributed by atoms with Crippen molar-refractivity contribution in [2.45, 2.75) is 17.6 Å². The second-order valence-electron chi connectivity index (χ2n) is 4.73. The molecule has 0 saturated carbocycles. The summed E-state index contributed by atoms with van der Waals surface area (Å²) in [6.07, 6.45) is -4.61. The van der Waals surface area contributed by atoms with E-state index in [9.17, 15) is 26.0 Å². The highest BCUT2D eigenvalue weighted by Crippen LogP contribution is 2.27. The van der Waals surface area contributed by atoms with E-state index in [1.54, 1.807) is 0 Å². The second kappa shape index (κ2) is 6.25. The molecule has 124 valence electrons. The molecule has 4 nitrogen and oxygen atoms in total. The van der Waals surface area contributed by atoms with Gasteiger partial charge in [0.05, 0.1) is 17.1 Å². The quantitative estimate of drug-likeness (QED) is 0.798. The maximum Gasteiger partial charge on any atom is 0.433 e. The van der Waals surface area contributed by atoms with Crippen LogP contribution in [0.2, 0.25) is 0 Å². The summed E-state index contributed by atoms with van der Waals surface area (Å²) in [6, 6.07) is 7.40. The van der Waals surface area contributed by atoms with Crippen molar-refractivity contribution in [3.8, 4) is 0 Å². The molecule has 0 amide bonds. The summed E-state index contributed by atoms with van der Waals surface area (Å²) in [7, 11) is -2.75. The van der Waals surface area contributed by atoms with Crippen LogP contribution in [0.4, 0.5) is 17.6 Å². The number of hydrogen-bond donors (Lipinski definition) is 0. The first-order valence-electron chi connectivity index (χ1n) is 6.36. The summed E-state index contributed by atoms with van der Waals surface area (Å²) in [6.45, 7) is -0.344. The van der Waals surface area contributed by atoms with Crippen molar-refractivity contribution >= 4 is 10.0 Å². The molecule has 1 heterocycles. The van der Waals surface area contributed by atoms with Crippen LogP contribution in [0.1, 0.15) is 11.4 Å². The first-order chi connectivity index (χ1) is 10.6. The van der Waals surface area contributed by atoms with Crippen LogP contribution in [0.15, 0.2) is 47.4 Å². The molecule has 0 aliphatic heterocycles. The first-order valence-corrected chi connectivity index (χ1v) is 7.80. The van der Waals surface area contributed by atoms with Crippen LogP contribution < -0.4 is 0 Å². The lowest BCUT2D eigenvalue weighted by molar-refractivity contribution is -0.141. The number of hydrogen-bond acceptors (Lipinski definition) is 3. The van der Waals surface area contributed by atoms with Crippen molar-refractivity contribution in [3.63, 3.8) is 0 Å². The largest absolute Gasteiger partial charge is 0.433 e. The van der Waals surface area contributed by atoms with E-state index in [0.29, 0.717) is 0 Å². The van der Waals surface area contributed by atoms with Crippen molar-refractivity contribution in [2.24, 2.45) is 0 Å². The molecule has 23 heavy (non-hydrogen) atoms. The molecule has 9 heteroatoms. The van der Waals surface area contributed by atoms with Gasteiger partial charge in [0.1, 0.15) is 11.5 Å². The highest BCUT2D eigenvalue weighted by Gasteiger charge is 2.32. The number of pyridine rings is 1. The number of rotatable bonds is 4. The maximum atomic E-state index is 12.9. The zero-order chi connectivity index (χ0) is 17.3. The third-order valence-electron chi connectivity index (χ3n) is 3.00. The molecule has 0 spiro atoms. The second-order valence-corrected chi connectivity index (χ2v) is 6.77. The van der Waals surface area contributed by atoms with E-state index in [0.717, 1.165) is 40.7 Å². The highest BCUT2D eigenvalue weighted by molar-refractivity contribution is 7.89. The first kappa shape index (κ1) is 17.4. The Morgan fingerprint density at radius 1 is 1.09 bits per heavy atom. The van der Waals surface area contributed by atoms with Gasteiger partial charge < -0.3 is 0 Å². The van der Waals surface area contributed by atoms with Gasteiger partial charge in [-0.3, -0.25) is 0 Å². The van der Waals surface area contributed by atoms with Gasteiger partial charge in [-0.05, 0) is 36.4 Å². The van der Waals surface area contributed by atoms with Crippen molar-refractivity contribution in [1.82, 2.24) is 9.29 Å².